The van der Waals surface area contributed by atoms with E-state index >= 15 is 0 Å². The molecule has 0 radical (unpaired) electrons. The number of ether oxygens (including phenoxy) is 1. The average Bonchev–Trinajstić information content (AvgIpc) is 2.36. The summed E-state index contributed by atoms with van der Waals surface area (Å²) >= 11 is 5.97. The Morgan fingerprint density at radius 1 is 1.50 bits per heavy atom. The van der Waals surface area contributed by atoms with Crippen LogP contribution in [0, 0.1) is 10.1 Å². The first kappa shape index (κ1) is 14.7. The first-order valence-corrected chi connectivity index (χ1v) is 6.56. The van der Waals surface area contributed by atoms with Crippen molar-refractivity contribution in [3.63, 3.8) is 0 Å². The molecule has 0 unspecified atom stereocenters. The van der Waals surface area contributed by atoms with E-state index in [1.54, 1.807) is 4.90 Å². The zero-order valence-electron chi connectivity index (χ0n) is 11.3. The van der Waals surface area contributed by atoms with Gasteiger partial charge in [-0.1, -0.05) is 17.7 Å². The van der Waals surface area contributed by atoms with Crippen molar-refractivity contribution < 1.29 is 14.5 Å². The summed E-state index contributed by atoms with van der Waals surface area (Å²) in [6.07, 6.45) is 0. The van der Waals surface area contributed by atoms with E-state index in [2.05, 4.69) is 0 Å². The molecule has 1 fully saturated rings. The second kappa shape index (κ2) is 5.38. The smallest absolute Gasteiger partial charge is 0.288 e. The Balaban J connectivity index is 2.30. The van der Waals surface area contributed by atoms with Gasteiger partial charge in [0.2, 0.25) is 0 Å². The highest BCUT2D eigenvalue weighted by Gasteiger charge is 2.32. The molecule has 0 bridgehead atoms. The topological polar surface area (TPSA) is 72.7 Å². The summed E-state index contributed by atoms with van der Waals surface area (Å²) in [5.41, 5.74) is -0.537. The van der Waals surface area contributed by atoms with Gasteiger partial charge in [-0.05, 0) is 19.9 Å². The van der Waals surface area contributed by atoms with Crippen molar-refractivity contribution in [2.45, 2.75) is 19.4 Å². The van der Waals surface area contributed by atoms with Gasteiger partial charge in [-0.2, -0.15) is 0 Å². The molecule has 0 aliphatic carbocycles. The van der Waals surface area contributed by atoms with Gasteiger partial charge in [-0.15, -0.1) is 0 Å². The lowest BCUT2D eigenvalue weighted by Gasteiger charge is -2.38. The summed E-state index contributed by atoms with van der Waals surface area (Å²) in [4.78, 5) is 24.3. The monoisotopic (exact) mass is 298 g/mol. The predicted molar refractivity (Wildman–Crippen MR) is 74.0 cm³/mol. The summed E-state index contributed by atoms with van der Waals surface area (Å²) in [5, 5.41) is 10.7. The van der Waals surface area contributed by atoms with Gasteiger partial charge in [0.05, 0.1) is 22.7 Å². The molecule has 0 N–H and O–H groups in total. The van der Waals surface area contributed by atoms with Crippen LogP contribution >= 0.6 is 11.6 Å². The van der Waals surface area contributed by atoms with Gasteiger partial charge in [0.1, 0.15) is 5.02 Å². The molecule has 1 aliphatic heterocycles. The fourth-order valence-electron chi connectivity index (χ4n) is 2.19. The number of halogens is 1. The fraction of sp³-hybridized carbons (Fsp3) is 0.462. The lowest BCUT2D eigenvalue weighted by Crippen LogP contribution is -2.50. The maximum atomic E-state index is 12.4. The molecule has 1 saturated heterocycles. The highest BCUT2D eigenvalue weighted by molar-refractivity contribution is 6.35. The molecule has 1 aromatic rings. The third-order valence-corrected chi connectivity index (χ3v) is 3.52. The second-order valence-corrected chi connectivity index (χ2v) is 5.61. The number of nitrogens with zero attached hydrogens (tertiary/aromatic N) is 2. The Labute approximate surface area is 121 Å². The number of amides is 1. The normalized spacial score (nSPS) is 17.9. The third-order valence-electron chi connectivity index (χ3n) is 3.12. The fourth-order valence-corrected chi connectivity index (χ4v) is 2.46. The average molecular weight is 299 g/mol. The minimum Gasteiger partial charge on any atom is -0.372 e. The van der Waals surface area contributed by atoms with E-state index in [9.17, 15) is 14.9 Å². The van der Waals surface area contributed by atoms with Crippen molar-refractivity contribution in [1.82, 2.24) is 4.90 Å². The molecule has 1 heterocycles. The molecule has 0 aromatic heterocycles. The molecule has 1 amide bonds. The Kier molecular flexibility index (Phi) is 3.96. The summed E-state index contributed by atoms with van der Waals surface area (Å²) < 4.78 is 5.54. The van der Waals surface area contributed by atoms with Crippen LogP contribution < -0.4 is 0 Å². The maximum absolute atomic E-state index is 12.4. The Bertz CT molecular complexity index is 559. The summed E-state index contributed by atoms with van der Waals surface area (Å²) in [6, 6.07) is 4.24. The molecule has 108 valence electrons. The summed E-state index contributed by atoms with van der Waals surface area (Å²) in [7, 11) is 0. The largest absolute Gasteiger partial charge is 0.372 e. The number of nitro groups is 1. The van der Waals surface area contributed by atoms with Crippen molar-refractivity contribution in [2.24, 2.45) is 0 Å². The molecule has 6 nitrogen and oxygen atoms in total. The molecular formula is C13H15ClN2O4. The number of carbonyl (C=O) groups excluding carboxylic acids is 1. The second-order valence-electron chi connectivity index (χ2n) is 5.23. The van der Waals surface area contributed by atoms with Gasteiger partial charge < -0.3 is 9.64 Å². The van der Waals surface area contributed by atoms with Gasteiger partial charge in [-0.25, -0.2) is 0 Å². The first-order valence-electron chi connectivity index (χ1n) is 6.18. The van der Waals surface area contributed by atoms with Crippen LogP contribution in [0.15, 0.2) is 18.2 Å². The first-order chi connectivity index (χ1) is 9.32. The Hall–Kier alpha value is -1.66. The molecular weight excluding hydrogens is 284 g/mol. The zero-order chi connectivity index (χ0) is 14.9. The van der Waals surface area contributed by atoms with Crippen LogP contribution in [0.2, 0.25) is 5.02 Å². The summed E-state index contributed by atoms with van der Waals surface area (Å²) in [6.45, 7) is 5.08. The number of carbonyl (C=O) groups is 1. The maximum Gasteiger partial charge on any atom is 0.288 e. The highest BCUT2D eigenvalue weighted by atomic mass is 35.5. The van der Waals surface area contributed by atoms with E-state index < -0.39 is 10.5 Å². The number of hydrogen-bond donors (Lipinski definition) is 0. The van der Waals surface area contributed by atoms with Crippen LogP contribution in [0.5, 0.6) is 0 Å². The number of hydrogen-bond acceptors (Lipinski definition) is 4. The standard InChI is InChI=1S/C13H15ClN2O4/c1-13(2)8-15(6-7-20-13)12(17)9-4-3-5-10(11(9)14)16(18)19/h3-5H,6-8H2,1-2H3. The van der Waals surface area contributed by atoms with Crippen LogP contribution in [0.4, 0.5) is 5.69 Å². The van der Waals surface area contributed by atoms with Gasteiger partial charge in [0, 0.05) is 19.2 Å². The number of morpholine rings is 1. The van der Waals surface area contributed by atoms with E-state index in [0.29, 0.717) is 19.7 Å². The van der Waals surface area contributed by atoms with E-state index in [4.69, 9.17) is 16.3 Å². The quantitative estimate of drug-likeness (QED) is 0.621. The molecule has 20 heavy (non-hydrogen) atoms. The van der Waals surface area contributed by atoms with Crippen LogP contribution in [0.25, 0.3) is 0 Å². The molecule has 1 aliphatic rings. The molecule has 0 spiro atoms. The highest BCUT2D eigenvalue weighted by Crippen LogP contribution is 2.29. The molecule has 7 heteroatoms. The van der Waals surface area contributed by atoms with Gasteiger partial charge in [0.25, 0.3) is 11.6 Å². The molecule has 1 aromatic carbocycles. The number of nitro benzene ring substituents is 1. The van der Waals surface area contributed by atoms with Gasteiger partial charge >= 0.3 is 0 Å². The van der Waals surface area contributed by atoms with Crippen molar-refractivity contribution >= 4 is 23.2 Å². The number of benzene rings is 1. The van der Waals surface area contributed by atoms with E-state index in [1.807, 2.05) is 13.8 Å². The Morgan fingerprint density at radius 3 is 2.80 bits per heavy atom. The van der Waals surface area contributed by atoms with Crippen molar-refractivity contribution in [1.29, 1.82) is 0 Å². The van der Waals surface area contributed by atoms with Gasteiger partial charge in [-0.3, -0.25) is 14.9 Å². The molecule has 0 saturated carbocycles. The third kappa shape index (κ3) is 2.91. The van der Waals surface area contributed by atoms with Crippen molar-refractivity contribution in [3.05, 3.63) is 38.9 Å². The van der Waals surface area contributed by atoms with Gasteiger partial charge in [0.15, 0.2) is 0 Å². The van der Waals surface area contributed by atoms with E-state index in [0.717, 1.165) is 0 Å². The van der Waals surface area contributed by atoms with E-state index in [1.165, 1.54) is 18.2 Å². The minimum atomic E-state index is -0.595. The van der Waals surface area contributed by atoms with Crippen LogP contribution in [0.1, 0.15) is 24.2 Å². The van der Waals surface area contributed by atoms with Crippen molar-refractivity contribution in [2.75, 3.05) is 19.7 Å². The van der Waals surface area contributed by atoms with Crippen LogP contribution in [-0.2, 0) is 4.74 Å². The van der Waals surface area contributed by atoms with Crippen molar-refractivity contribution in [3.8, 4) is 0 Å². The zero-order valence-corrected chi connectivity index (χ0v) is 12.0. The Morgan fingerprint density at radius 2 is 2.20 bits per heavy atom. The van der Waals surface area contributed by atoms with Crippen LogP contribution in [0.3, 0.4) is 0 Å². The number of rotatable bonds is 2. The molecule has 0 atom stereocenters. The lowest BCUT2D eigenvalue weighted by molar-refractivity contribution is -0.384. The predicted octanol–water partition coefficient (Wildman–Crippen LogP) is 2.50. The minimum absolute atomic E-state index is 0.119. The van der Waals surface area contributed by atoms with E-state index in [-0.39, 0.29) is 22.2 Å². The summed E-state index contributed by atoms with van der Waals surface area (Å²) in [5.74, 6) is -0.310. The lowest BCUT2D eigenvalue weighted by atomic mass is 10.1. The SMILES string of the molecule is CC1(C)CN(C(=O)c2cccc([N+](=O)[O-])c2Cl)CCO1. The molecule has 2 rings (SSSR count). The van der Waals surface area contributed by atoms with Crippen LogP contribution in [-0.4, -0.2) is 41.0 Å².